The number of halogens is 1. The Hall–Kier alpha value is -1.42. The third-order valence-corrected chi connectivity index (χ3v) is 2.03. The fourth-order valence-corrected chi connectivity index (χ4v) is 1.16. The fraction of sp³-hybridized carbons (Fsp3) is 0.300. The van der Waals surface area contributed by atoms with Gasteiger partial charge in [0.15, 0.2) is 6.10 Å². The van der Waals surface area contributed by atoms with Crippen molar-refractivity contribution in [1.82, 2.24) is 0 Å². The van der Waals surface area contributed by atoms with Crippen LogP contribution < -0.4 is 0 Å². The van der Waals surface area contributed by atoms with E-state index in [-0.39, 0.29) is 11.1 Å². The Morgan fingerprint density at radius 2 is 2.21 bits per heavy atom. The van der Waals surface area contributed by atoms with Crippen LogP contribution in [-0.2, 0) is 9.53 Å². The second kappa shape index (κ2) is 4.19. The smallest absolute Gasteiger partial charge is 0.339 e. The molecule has 0 heterocycles. The van der Waals surface area contributed by atoms with Crippen LogP contribution >= 0.6 is 0 Å². The second-order valence-corrected chi connectivity index (χ2v) is 2.88. The van der Waals surface area contributed by atoms with Gasteiger partial charge in [0.05, 0.1) is 7.11 Å². The molecule has 0 radical (unpaired) electrons. The first kappa shape index (κ1) is 10.7. The van der Waals surface area contributed by atoms with Gasteiger partial charge in [0.2, 0.25) is 0 Å². The van der Waals surface area contributed by atoms with Gasteiger partial charge in [-0.15, -0.1) is 0 Å². The average Bonchev–Trinajstić information content (AvgIpc) is 2.20. The van der Waals surface area contributed by atoms with Crippen molar-refractivity contribution in [3.05, 3.63) is 35.1 Å². The molecule has 0 aliphatic rings. The van der Waals surface area contributed by atoms with E-state index < -0.39 is 17.9 Å². The van der Waals surface area contributed by atoms with E-state index in [1.165, 1.54) is 32.2 Å². The summed E-state index contributed by atoms with van der Waals surface area (Å²) in [7, 11) is 1.17. The zero-order valence-electron chi connectivity index (χ0n) is 7.95. The largest absolute Gasteiger partial charge is 0.467 e. The van der Waals surface area contributed by atoms with Crippen LogP contribution in [0.4, 0.5) is 4.39 Å². The maximum Gasteiger partial charge on any atom is 0.339 e. The molecule has 1 N–H and O–H groups in total. The topological polar surface area (TPSA) is 46.5 Å². The lowest BCUT2D eigenvalue weighted by molar-refractivity contribution is -0.150. The van der Waals surface area contributed by atoms with E-state index >= 15 is 0 Å². The van der Waals surface area contributed by atoms with Crippen LogP contribution in [-0.4, -0.2) is 18.2 Å². The van der Waals surface area contributed by atoms with Crippen molar-refractivity contribution in [1.29, 1.82) is 0 Å². The number of rotatable bonds is 2. The second-order valence-electron chi connectivity index (χ2n) is 2.88. The van der Waals surface area contributed by atoms with Gasteiger partial charge in [-0.05, 0) is 24.1 Å². The molecule has 76 valence electrons. The summed E-state index contributed by atoms with van der Waals surface area (Å²) in [5, 5.41) is 9.45. The Morgan fingerprint density at radius 3 is 2.79 bits per heavy atom. The first-order valence-electron chi connectivity index (χ1n) is 4.09. The number of methoxy groups -OCH3 is 1. The molecule has 1 aromatic carbocycles. The molecule has 1 aromatic rings. The molecule has 0 bridgehead atoms. The lowest BCUT2D eigenvalue weighted by Crippen LogP contribution is -2.15. The van der Waals surface area contributed by atoms with Gasteiger partial charge in [0.25, 0.3) is 0 Å². The van der Waals surface area contributed by atoms with Crippen molar-refractivity contribution >= 4 is 5.97 Å². The van der Waals surface area contributed by atoms with Crippen LogP contribution in [0.3, 0.4) is 0 Å². The summed E-state index contributed by atoms with van der Waals surface area (Å²) in [6, 6.07) is 4.19. The molecule has 0 amide bonds. The van der Waals surface area contributed by atoms with Gasteiger partial charge in [-0.3, -0.25) is 0 Å². The van der Waals surface area contributed by atoms with Crippen LogP contribution in [0.2, 0.25) is 0 Å². The molecule has 0 aliphatic carbocycles. The summed E-state index contributed by atoms with van der Waals surface area (Å²) in [4.78, 5) is 11.0. The highest BCUT2D eigenvalue weighted by Gasteiger charge is 2.20. The van der Waals surface area contributed by atoms with Crippen LogP contribution in [0.15, 0.2) is 18.2 Å². The number of hydrogen-bond donors (Lipinski definition) is 1. The summed E-state index contributed by atoms with van der Waals surface area (Å²) in [5.74, 6) is -1.25. The van der Waals surface area contributed by atoms with E-state index in [1.54, 1.807) is 0 Å². The molecule has 14 heavy (non-hydrogen) atoms. The van der Waals surface area contributed by atoms with E-state index in [4.69, 9.17) is 0 Å². The van der Waals surface area contributed by atoms with Gasteiger partial charge in [0.1, 0.15) is 5.82 Å². The Kier molecular flexibility index (Phi) is 3.19. The normalized spacial score (nSPS) is 12.3. The molecule has 1 rings (SSSR count). The van der Waals surface area contributed by atoms with Gasteiger partial charge >= 0.3 is 5.97 Å². The van der Waals surface area contributed by atoms with Gasteiger partial charge in [-0.2, -0.15) is 0 Å². The SMILES string of the molecule is COC(=O)C(O)c1cccc(F)c1C. The maximum atomic E-state index is 13.0. The summed E-state index contributed by atoms with van der Waals surface area (Å²) in [6.45, 7) is 1.50. The predicted molar refractivity (Wildman–Crippen MR) is 48.1 cm³/mol. The number of benzene rings is 1. The molecule has 4 heteroatoms. The molecule has 0 aromatic heterocycles. The van der Waals surface area contributed by atoms with Gasteiger partial charge < -0.3 is 9.84 Å². The minimum atomic E-state index is -1.42. The van der Waals surface area contributed by atoms with Crippen molar-refractivity contribution in [3.63, 3.8) is 0 Å². The molecule has 0 spiro atoms. The van der Waals surface area contributed by atoms with Gasteiger partial charge in [-0.25, -0.2) is 9.18 Å². The fourth-order valence-electron chi connectivity index (χ4n) is 1.16. The van der Waals surface area contributed by atoms with Crippen LogP contribution in [0.1, 0.15) is 17.2 Å². The highest BCUT2D eigenvalue weighted by Crippen LogP contribution is 2.20. The monoisotopic (exact) mass is 198 g/mol. The minimum Gasteiger partial charge on any atom is -0.467 e. The van der Waals surface area contributed by atoms with Crippen molar-refractivity contribution in [3.8, 4) is 0 Å². The van der Waals surface area contributed by atoms with Crippen molar-refractivity contribution < 1.29 is 19.0 Å². The van der Waals surface area contributed by atoms with Crippen LogP contribution in [0, 0.1) is 12.7 Å². The van der Waals surface area contributed by atoms with Crippen molar-refractivity contribution in [2.24, 2.45) is 0 Å². The number of carbonyl (C=O) groups is 1. The number of aliphatic hydroxyl groups is 1. The Bertz CT molecular complexity index is 349. The van der Waals surface area contributed by atoms with Crippen LogP contribution in [0.5, 0.6) is 0 Å². The quantitative estimate of drug-likeness (QED) is 0.729. The molecule has 0 fully saturated rings. The summed E-state index contributed by atoms with van der Waals surface area (Å²) < 4.78 is 17.4. The molecule has 0 aliphatic heterocycles. The minimum absolute atomic E-state index is 0.233. The van der Waals surface area contributed by atoms with Gasteiger partial charge in [0, 0.05) is 0 Å². The number of ether oxygens (including phenoxy) is 1. The third-order valence-electron chi connectivity index (χ3n) is 2.03. The molecular formula is C10H11FO3. The summed E-state index contributed by atoms with van der Waals surface area (Å²) >= 11 is 0. The number of aliphatic hydroxyl groups excluding tert-OH is 1. The first-order valence-corrected chi connectivity index (χ1v) is 4.09. The van der Waals surface area contributed by atoms with Crippen molar-refractivity contribution in [2.45, 2.75) is 13.0 Å². The molecule has 1 unspecified atom stereocenters. The maximum absolute atomic E-state index is 13.0. The molecule has 0 saturated carbocycles. The summed E-state index contributed by atoms with van der Waals surface area (Å²) in [6.07, 6.45) is -1.42. The Balaban J connectivity index is 3.07. The number of esters is 1. The molecule has 0 saturated heterocycles. The summed E-state index contributed by atoms with van der Waals surface area (Å²) in [5.41, 5.74) is 0.488. The Morgan fingerprint density at radius 1 is 1.57 bits per heavy atom. The standard InChI is InChI=1S/C10H11FO3/c1-6-7(4-3-5-8(6)11)9(12)10(13)14-2/h3-5,9,12H,1-2H3. The Labute approximate surface area is 81.1 Å². The predicted octanol–water partition coefficient (Wildman–Crippen LogP) is 1.34. The first-order chi connectivity index (χ1) is 6.57. The van der Waals surface area contributed by atoms with Gasteiger partial charge in [-0.1, -0.05) is 12.1 Å². The van der Waals surface area contributed by atoms with E-state index in [2.05, 4.69) is 4.74 Å². The van der Waals surface area contributed by atoms with E-state index in [1.807, 2.05) is 0 Å². The van der Waals surface area contributed by atoms with E-state index in [9.17, 15) is 14.3 Å². The van der Waals surface area contributed by atoms with Crippen LogP contribution in [0.25, 0.3) is 0 Å². The lowest BCUT2D eigenvalue weighted by Gasteiger charge is -2.11. The lowest BCUT2D eigenvalue weighted by atomic mass is 10.0. The highest BCUT2D eigenvalue weighted by atomic mass is 19.1. The number of carbonyl (C=O) groups excluding carboxylic acids is 1. The molecule has 1 atom stereocenters. The van der Waals surface area contributed by atoms with Crippen molar-refractivity contribution in [2.75, 3.05) is 7.11 Å². The van der Waals surface area contributed by atoms with E-state index in [0.29, 0.717) is 0 Å². The molecule has 3 nitrogen and oxygen atoms in total. The zero-order valence-corrected chi connectivity index (χ0v) is 7.95. The number of hydrogen-bond acceptors (Lipinski definition) is 3. The zero-order chi connectivity index (χ0) is 10.7. The average molecular weight is 198 g/mol. The third kappa shape index (κ3) is 1.90. The highest BCUT2D eigenvalue weighted by molar-refractivity contribution is 5.76. The van der Waals surface area contributed by atoms with E-state index in [0.717, 1.165) is 0 Å². The molecular weight excluding hydrogens is 187 g/mol.